The van der Waals surface area contributed by atoms with E-state index in [1.165, 1.54) is 12.1 Å². The highest BCUT2D eigenvalue weighted by Gasteiger charge is 2.15. The van der Waals surface area contributed by atoms with Crippen LogP contribution in [0.25, 0.3) is 22.2 Å². The highest BCUT2D eigenvalue weighted by atomic mass is 19.1. The molecule has 0 bridgehead atoms. The zero-order valence-electron chi connectivity index (χ0n) is 15.0. The van der Waals surface area contributed by atoms with Crippen molar-refractivity contribution in [1.82, 2.24) is 10.3 Å². The van der Waals surface area contributed by atoms with E-state index in [2.05, 4.69) is 10.3 Å². The van der Waals surface area contributed by atoms with Crippen LogP contribution in [-0.2, 0) is 9.53 Å². The summed E-state index contributed by atoms with van der Waals surface area (Å²) >= 11 is 0. The van der Waals surface area contributed by atoms with Crippen molar-refractivity contribution in [3.63, 3.8) is 0 Å². The number of benzene rings is 2. The van der Waals surface area contributed by atoms with Gasteiger partial charge in [0, 0.05) is 10.9 Å². The number of nitrogens with one attached hydrogen (secondary N) is 1. The normalized spacial score (nSPS) is 10.8. The Morgan fingerprint density at radius 1 is 1.11 bits per heavy atom. The number of carbonyl (C=O) groups is 2. The Hall–Kier alpha value is -3.28. The lowest BCUT2D eigenvalue weighted by molar-refractivity contribution is -0.146. The van der Waals surface area contributed by atoms with Crippen molar-refractivity contribution >= 4 is 22.8 Å². The third kappa shape index (κ3) is 4.47. The Kier molecular flexibility index (Phi) is 5.45. The van der Waals surface area contributed by atoms with E-state index in [1.54, 1.807) is 44.2 Å². The van der Waals surface area contributed by atoms with Gasteiger partial charge in [-0.25, -0.2) is 9.37 Å². The number of amides is 1. The number of rotatable bonds is 5. The molecule has 5 nitrogen and oxygen atoms in total. The summed E-state index contributed by atoms with van der Waals surface area (Å²) in [6.45, 7) is 3.26. The Morgan fingerprint density at radius 2 is 1.81 bits per heavy atom. The molecule has 3 aromatic rings. The molecule has 27 heavy (non-hydrogen) atoms. The standard InChI is InChI=1S/C21H19FN2O3/c1-13(2)27-20(25)12-23-21(26)17-11-19(14-7-9-15(22)10-8-14)24-18-6-4-3-5-16(17)18/h3-11,13H,12H2,1-2H3,(H,23,26). The van der Waals surface area contributed by atoms with E-state index in [0.29, 0.717) is 27.7 Å². The summed E-state index contributed by atoms with van der Waals surface area (Å²) < 4.78 is 18.2. The van der Waals surface area contributed by atoms with E-state index in [-0.39, 0.29) is 18.5 Å². The SMILES string of the molecule is CC(C)OC(=O)CNC(=O)c1cc(-c2ccc(F)cc2)nc2ccccc12. The zero-order chi connectivity index (χ0) is 19.4. The van der Waals surface area contributed by atoms with Gasteiger partial charge >= 0.3 is 5.97 Å². The molecule has 0 atom stereocenters. The van der Waals surface area contributed by atoms with E-state index >= 15 is 0 Å². The minimum absolute atomic E-state index is 0.223. The first-order valence-electron chi connectivity index (χ1n) is 8.57. The predicted molar refractivity (Wildman–Crippen MR) is 101 cm³/mol. The van der Waals surface area contributed by atoms with Crippen molar-refractivity contribution in [3.8, 4) is 11.3 Å². The highest BCUT2D eigenvalue weighted by Crippen LogP contribution is 2.25. The smallest absolute Gasteiger partial charge is 0.325 e. The molecule has 1 N–H and O–H groups in total. The van der Waals surface area contributed by atoms with Gasteiger partial charge in [0.1, 0.15) is 12.4 Å². The molecule has 0 radical (unpaired) electrons. The van der Waals surface area contributed by atoms with Gasteiger partial charge in [-0.1, -0.05) is 18.2 Å². The molecule has 1 aromatic heterocycles. The quantitative estimate of drug-likeness (QED) is 0.699. The first kappa shape index (κ1) is 18.5. The molecule has 1 amide bonds. The maximum Gasteiger partial charge on any atom is 0.325 e. The molecule has 0 aliphatic carbocycles. The molecule has 0 fully saturated rings. The predicted octanol–water partition coefficient (Wildman–Crippen LogP) is 3.72. The Labute approximate surface area is 156 Å². The molecule has 3 rings (SSSR count). The number of hydrogen-bond acceptors (Lipinski definition) is 4. The molecule has 0 aliphatic heterocycles. The molecule has 0 unspecified atom stereocenters. The lowest BCUT2D eigenvalue weighted by atomic mass is 10.0. The molecular weight excluding hydrogens is 347 g/mol. The van der Waals surface area contributed by atoms with Crippen LogP contribution in [0.4, 0.5) is 4.39 Å². The van der Waals surface area contributed by atoms with Gasteiger partial charge in [-0.2, -0.15) is 0 Å². The summed E-state index contributed by atoms with van der Waals surface area (Å²) in [7, 11) is 0. The van der Waals surface area contributed by atoms with Crippen molar-refractivity contribution in [2.24, 2.45) is 0 Å². The van der Waals surface area contributed by atoms with E-state index in [4.69, 9.17) is 4.74 Å². The molecule has 138 valence electrons. The van der Waals surface area contributed by atoms with Gasteiger partial charge in [0.15, 0.2) is 0 Å². The van der Waals surface area contributed by atoms with E-state index in [0.717, 1.165) is 0 Å². The van der Waals surface area contributed by atoms with Gasteiger partial charge in [-0.3, -0.25) is 9.59 Å². The fraction of sp³-hybridized carbons (Fsp3) is 0.190. The van der Waals surface area contributed by atoms with Crippen LogP contribution in [-0.4, -0.2) is 29.5 Å². The minimum Gasteiger partial charge on any atom is -0.462 e. The fourth-order valence-electron chi connectivity index (χ4n) is 2.68. The van der Waals surface area contributed by atoms with Crippen molar-refractivity contribution in [3.05, 3.63) is 66.0 Å². The summed E-state index contributed by atoms with van der Waals surface area (Å²) in [5.74, 6) is -1.26. The highest BCUT2D eigenvalue weighted by molar-refractivity contribution is 6.07. The molecule has 0 saturated carbocycles. The number of ether oxygens (including phenoxy) is 1. The topological polar surface area (TPSA) is 68.3 Å². The average molecular weight is 366 g/mol. The summed E-state index contributed by atoms with van der Waals surface area (Å²) in [5.41, 5.74) is 2.26. The van der Waals surface area contributed by atoms with Crippen LogP contribution >= 0.6 is 0 Å². The number of nitrogens with zero attached hydrogens (tertiary/aromatic N) is 1. The van der Waals surface area contributed by atoms with Gasteiger partial charge in [0.25, 0.3) is 5.91 Å². The van der Waals surface area contributed by atoms with Gasteiger partial charge < -0.3 is 10.1 Å². The molecule has 1 heterocycles. The van der Waals surface area contributed by atoms with Gasteiger partial charge in [0.2, 0.25) is 0 Å². The van der Waals surface area contributed by atoms with E-state index in [1.807, 2.05) is 12.1 Å². The molecule has 6 heteroatoms. The third-order valence-corrected chi connectivity index (χ3v) is 3.86. The fourth-order valence-corrected chi connectivity index (χ4v) is 2.68. The first-order chi connectivity index (χ1) is 12.9. The number of para-hydroxylation sites is 1. The molecular formula is C21H19FN2O3. The Balaban J connectivity index is 1.94. The number of halogens is 1. The first-order valence-corrected chi connectivity index (χ1v) is 8.57. The monoisotopic (exact) mass is 366 g/mol. The number of pyridine rings is 1. The van der Waals surface area contributed by atoms with Crippen LogP contribution in [0.2, 0.25) is 0 Å². The second kappa shape index (κ2) is 7.95. The molecule has 0 aliphatic rings. The maximum atomic E-state index is 13.2. The lowest BCUT2D eigenvalue weighted by Crippen LogP contribution is -2.31. The molecule has 2 aromatic carbocycles. The number of aromatic nitrogens is 1. The number of fused-ring (bicyclic) bond motifs is 1. The molecule has 0 saturated heterocycles. The van der Waals surface area contributed by atoms with Crippen molar-refractivity contribution in [2.75, 3.05) is 6.54 Å². The zero-order valence-corrected chi connectivity index (χ0v) is 15.0. The van der Waals surface area contributed by atoms with Crippen LogP contribution in [0, 0.1) is 5.82 Å². The van der Waals surface area contributed by atoms with E-state index < -0.39 is 11.9 Å². The van der Waals surface area contributed by atoms with Crippen molar-refractivity contribution in [2.45, 2.75) is 20.0 Å². The van der Waals surface area contributed by atoms with Gasteiger partial charge in [-0.15, -0.1) is 0 Å². The van der Waals surface area contributed by atoms with Crippen molar-refractivity contribution in [1.29, 1.82) is 0 Å². The average Bonchev–Trinajstić information content (AvgIpc) is 2.65. The second-order valence-corrected chi connectivity index (χ2v) is 6.30. The lowest BCUT2D eigenvalue weighted by Gasteiger charge is -2.11. The third-order valence-electron chi connectivity index (χ3n) is 3.86. The summed E-state index contributed by atoms with van der Waals surface area (Å²) in [6, 6.07) is 14.8. The maximum absolute atomic E-state index is 13.2. The summed E-state index contributed by atoms with van der Waals surface area (Å²) in [6.07, 6.45) is -0.249. The summed E-state index contributed by atoms with van der Waals surface area (Å²) in [5, 5.41) is 3.25. The second-order valence-electron chi connectivity index (χ2n) is 6.30. The van der Waals surface area contributed by atoms with Crippen LogP contribution in [0.5, 0.6) is 0 Å². The number of hydrogen-bond donors (Lipinski definition) is 1. The Morgan fingerprint density at radius 3 is 2.52 bits per heavy atom. The largest absolute Gasteiger partial charge is 0.462 e. The number of carbonyl (C=O) groups excluding carboxylic acids is 2. The van der Waals surface area contributed by atoms with Crippen LogP contribution in [0.15, 0.2) is 54.6 Å². The van der Waals surface area contributed by atoms with Crippen LogP contribution in [0.1, 0.15) is 24.2 Å². The van der Waals surface area contributed by atoms with E-state index in [9.17, 15) is 14.0 Å². The summed E-state index contributed by atoms with van der Waals surface area (Å²) in [4.78, 5) is 28.9. The van der Waals surface area contributed by atoms with Crippen LogP contribution < -0.4 is 5.32 Å². The van der Waals surface area contributed by atoms with Crippen molar-refractivity contribution < 1.29 is 18.7 Å². The minimum atomic E-state index is -0.504. The van der Waals surface area contributed by atoms with Crippen LogP contribution in [0.3, 0.4) is 0 Å². The van der Waals surface area contributed by atoms with Gasteiger partial charge in [-0.05, 0) is 50.2 Å². The number of esters is 1. The van der Waals surface area contributed by atoms with Gasteiger partial charge in [0.05, 0.1) is 22.9 Å². The molecule has 0 spiro atoms. The Bertz CT molecular complexity index is 984.